The first-order chi connectivity index (χ1) is 14.7. The SMILES string of the molecule is O=C(Nc1ccccc1)[C@H]1C[NH+]2CC[C@@H]1C[C@@H]2Cn1cc(-c2cccc(O)c2)nn1. The van der Waals surface area contributed by atoms with Crippen LogP contribution in [0.15, 0.2) is 60.8 Å². The number of aromatic hydroxyl groups is 1. The van der Waals surface area contributed by atoms with Crippen LogP contribution in [-0.2, 0) is 11.3 Å². The Labute approximate surface area is 175 Å². The number of piperidine rings is 3. The summed E-state index contributed by atoms with van der Waals surface area (Å²) in [4.78, 5) is 14.3. The van der Waals surface area contributed by atoms with Gasteiger partial charge < -0.3 is 15.3 Å². The highest BCUT2D eigenvalue weighted by Crippen LogP contribution is 2.29. The minimum Gasteiger partial charge on any atom is -0.508 e. The molecule has 3 N–H and O–H groups in total. The molecule has 3 aliphatic heterocycles. The van der Waals surface area contributed by atoms with E-state index in [1.165, 1.54) is 4.90 Å². The number of phenols is 1. The first-order valence-corrected chi connectivity index (χ1v) is 10.6. The maximum absolute atomic E-state index is 12.8. The number of anilines is 1. The number of rotatable bonds is 5. The molecule has 0 radical (unpaired) electrons. The molecule has 1 amide bonds. The Kier molecular flexibility index (Phi) is 4.96. The van der Waals surface area contributed by atoms with Crippen molar-refractivity contribution in [3.8, 4) is 17.0 Å². The third kappa shape index (κ3) is 3.80. The zero-order valence-electron chi connectivity index (χ0n) is 16.7. The summed E-state index contributed by atoms with van der Waals surface area (Å²) < 4.78 is 1.90. The average molecular weight is 404 g/mol. The molecule has 154 valence electrons. The van der Waals surface area contributed by atoms with Gasteiger partial charge >= 0.3 is 0 Å². The molecule has 2 bridgehead atoms. The van der Waals surface area contributed by atoms with Gasteiger partial charge in [-0.25, -0.2) is 4.68 Å². The second-order valence-electron chi connectivity index (χ2n) is 8.43. The third-order valence-electron chi connectivity index (χ3n) is 6.52. The molecule has 6 rings (SSSR count). The Balaban J connectivity index is 1.23. The van der Waals surface area contributed by atoms with Crippen LogP contribution >= 0.6 is 0 Å². The van der Waals surface area contributed by atoms with Gasteiger partial charge in [0.1, 0.15) is 17.5 Å². The number of quaternary nitrogens is 1. The topological polar surface area (TPSA) is 84.5 Å². The Morgan fingerprint density at radius 1 is 1.20 bits per heavy atom. The minimum absolute atomic E-state index is 0.0730. The van der Waals surface area contributed by atoms with E-state index in [9.17, 15) is 9.90 Å². The van der Waals surface area contributed by atoms with Gasteiger partial charge in [-0.05, 0) is 30.2 Å². The number of carbonyl (C=O) groups excluding carboxylic acids is 1. The van der Waals surface area contributed by atoms with E-state index in [1.807, 2.05) is 47.3 Å². The molecule has 0 spiro atoms. The van der Waals surface area contributed by atoms with Crippen molar-refractivity contribution in [3.05, 3.63) is 60.8 Å². The van der Waals surface area contributed by atoms with Crippen LogP contribution in [0.2, 0.25) is 0 Å². The third-order valence-corrected chi connectivity index (χ3v) is 6.52. The van der Waals surface area contributed by atoms with E-state index in [1.54, 1.807) is 18.2 Å². The summed E-state index contributed by atoms with van der Waals surface area (Å²) in [6.45, 7) is 2.78. The fourth-order valence-corrected chi connectivity index (χ4v) is 4.99. The maximum atomic E-state index is 12.8. The average Bonchev–Trinajstić information content (AvgIpc) is 3.23. The monoisotopic (exact) mass is 404 g/mol. The van der Waals surface area contributed by atoms with E-state index < -0.39 is 0 Å². The van der Waals surface area contributed by atoms with E-state index in [0.29, 0.717) is 12.0 Å². The van der Waals surface area contributed by atoms with E-state index in [0.717, 1.165) is 49.4 Å². The lowest BCUT2D eigenvalue weighted by atomic mass is 9.75. The summed E-state index contributed by atoms with van der Waals surface area (Å²) in [7, 11) is 0. The first-order valence-electron chi connectivity index (χ1n) is 10.6. The number of hydrogen-bond donors (Lipinski definition) is 3. The zero-order chi connectivity index (χ0) is 20.5. The van der Waals surface area contributed by atoms with E-state index in [-0.39, 0.29) is 17.6 Å². The van der Waals surface area contributed by atoms with Crippen molar-refractivity contribution in [3.63, 3.8) is 0 Å². The molecule has 4 heterocycles. The lowest BCUT2D eigenvalue weighted by Crippen LogP contribution is -3.20. The second kappa shape index (κ2) is 7.91. The summed E-state index contributed by atoms with van der Waals surface area (Å²) in [5, 5.41) is 21.3. The number of aromatic nitrogens is 3. The number of nitrogens with one attached hydrogen (secondary N) is 2. The van der Waals surface area contributed by atoms with Gasteiger partial charge in [0.05, 0.1) is 31.7 Å². The Morgan fingerprint density at radius 2 is 2.07 bits per heavy atom. The molecule has 3 saturated heterocycles. The van der Waals surface area contributed by atoms with Gasteiger partial charge in [0, 0.05) is 24.1 Å². The van der Waals surface area contributed by atoms with Gasteiger partial charge in [0.15, 0.2) is 0 Å². The molecule has 1 unspecified atom stereocenters. The van der Waals surface area contributed by atoms with Crippen LogP contribution in [0.4, 0.5) is 5.69 Å². The van der Waals surface area contributed by atoms with Crippen LogP contribution in [0.5, 0.6) is 5.75 Å². The van der Waals surface area contributed by atoms with E-state index in [4.69, 9.17) is 0 Å². The lowest BCUT2D eigenvalue weighted by Gasteiger charge is -2.46. The first kappa shape index (κ1) is 18.8. The molecule has 7 heteroatoms. The molecule has 0 saturated carbocycles. The van der Waals surface area contributed by atoms with Crippen LogP contribution in [0.1, 0.15) is 12.8 Å². The van der Waals surface area contributed by atoms with Crippen molar-refractivity contribution in [2.75, 3.05) is 18.4 Å². The molecule has 1 aromatic heterocycles. The number of benzene rings is 2. The summed E-state index contributed by atoms with van der Waals surface area (Å²) >= 11 is 0. The Bertz CT molecular complexity index is 1030. The molecule has 7 nitrogen and oxygen atoms in total. The summed E-state index contributed by atoms with van der Waals surface area (Å²) in [6, 6.07) is 17.2. The number of nitrogens with zero attached hydrogens (tertiary/aromatic N) is 3. The van der Waals surface area contributed by atoms with E-state index >= 15 is 0 Å². The molecular weight excluding hydrogens is 378 g/mol. The predicted molar refractivity (Wildman–Crippen MR) is 113 cm³/mol. The van der Waals surface area contributed by atoms with Crippen molar-refractivity contribution >= 4 is 11.6 Å². The number of phenolic OH excluding ortho intramolecular Hbond substituents is 1. The number of para-hydroxylation sites is 1. The maximum Gasteiger partial charge on any atom is 0.233 e. The highest BCUT2D eigenvalue weighted by Gasteiger charge is 2.46. The van der Waals surface area contributed by atoms with Crippen LogP contribution < -0.4 is 10.2 Å². The van der Waals surface area contributed by atoms with Crippen LogP contribution in [0, 0.1) is 11.8 Å². The molecule has 0 aliphatic carbocycles. The number of carbonyl (C=O) groups is 1. The van der Waals surface area contributed by atoms with Crippen LogP contribution in [0.3, 0.4) is 0 Å². The quantitative estimate of drug-likeness (QED) is 0.603. The predicted octanol–water partition coefficient (Wildman–Crippen LogP) is 1.58. The zero-order valence-corrected chi connectivity index (χ0v) is 16.7. The standard InChI is InChI=1S/C23H25N5O2/c29-20-8-4-5-17(12-20)22-15-28(26-25-22)13-19-11-16-9-10-27(19)14-21(16)23(30)24-18-6-2-1-3-7-18/h1-8,12,15-16,19,21,29H,9-11,13-14H2,(H,24,30)/p+1/t16-,19-,21+/m1/s1. The molecule has 3 aliphatic rings. The number of hydrogen-bond acceptors (Lipinski definition) is 4. The summed E-state index contributed by atoms with van der Waals surface area (Å²) in [5.74, 6) is 0.866. The smallest absolute Gasteiger partial charge is 0.233 e. The second-order valence-corrected chi connectivity index (χ2v) is 8.43. The highest BCUT2D eigenvalue weighted by atomic mass is 16.3. The van der Waals surface area contributed by atoms with Crippen LogP contribution in [0.25, 0.3) is 11.3 Å². The van der Waals surface area contributed by atoms with Gasteiger partial charge in [0.2, 0.25) is 5.91 Å². The van der Waals surface area contributed by atoms with Crippen molar-refractivity contribution < 1.29 is 14.8 Å². The lowest BCUT2D eigenvalue weighted by molar-refractivity contribution is -0.945. The normalized spacial score (nSPS) is 25.2. The number of amides is 1. The molecular formula is C23H26N5O2+. The Morgan fingerprint density at radius 3 is 2.83 bits per heavy atom. The van der Waals surface area contributed by atoms with Crippen molar-refractivity contribution in [2.24, 2.45) is 11.8 Å². The molecule has 2 aromatic carbocycles. The summed E-state index contributed by atoms with van der Waals surface area (Å²) in [5.41, 5.74) is 2.49. The fourth-order valence-electron chi connectivity index (χ4n) is 4.99. The fraction of sp³-hybridized carbons (Fsp3) is 0.348. The van der Waals surface area contributed by atoms with Gasteiger partial charge in [-0.2, -0.15) is 0 Å². The molecule has 3 fully saturated rings. The number of fused-ring (bicyclic) bond motifs is 3. The molecule has 30 heavy (non-hydrogen) atoms. The largest absolute Gasteiger partial charge is 0.508 e. The van der Waals surface area contributed by atoms with E-state index in [2.05, 4.69) is 15.6 Å². The van der Waals surface area contributed by atoms with Crippen molar-refractivity contribution in [2.45, 2.75) is 25.4 Å². The molecule has 3 aromatic rings. The van der Waals surface area contributed by atoms with Gasteiger partial charge in [0.25, 0.3) is 0 Å². The van der Waals surface area contributed by atoms with Gasteiger partial charge in [-0.1, -0.05) is 35.5 Å². The highest BCUT2D eigenvalue weighted by molar-refractivity contribution is 5.92. The minimum atomic E-state index is 0.0730. The Hall–Kier alpha value is -3.19. The van der Waals surface area contributed by atoms with Crippen molar-refractivity contribution in [1.29, 1.82) is 0 Å². The molecule has 4 atom stereocenters. The van der Waals surface area contributed by atoms with Crippen LogP contribution in [-0.4, -0.2) is 45.1 Å². The van der Waals surface area contributed by atoms with Crippen molar-refractivity contribution in [1.82, 2.24) is 15.0 Å². The van der Waals surface area contributed by atoms with Gasteiger partial charge in [-0.3, -0.25) is 4.79 Å². The van der Waals surface area contributed by atoms with Gasteiger partial charge in [-0.15, -0.1) is 5.10 Å². The summed E-state index contributed by atoms with van der Waals surface area (Å²) in [6.07, 6.45) is 4.07.